The highest BCUT2D eigenvalue weighted by molar-refractivity contribution is 5.91. The highest BCUT2D eigenvalue weighted by Gasteiger charge is 2.46. The van der Waals surface area contributed by atoms with E-state index in [0.29, 0.717) is 76.6 Å². The van der Waals surface area contributed by atoms with Gasteiger partial charge in [-0.05, 0) is 156 Å². The van der Waals surface area contributed by atoms with Gasteiger partial charge in [0.1, 0.15) is 24.8 Å². The zero-order valence-electron chi connectivity index (χ0n) is 46.2. The topological polar surface area (TPSA) is 171 Å². The third-order valence-electron chi connectivity index (χ3n) is 18.8. The first-order valence-corrected chi connectivity index (χ1v) is 28.8. The van der Waals surface area contributed by atoms with Gasteiger partial charge in [-0.3, -0.25) is 9.59 Å². The first-order valence-electron chi connectivity index (χ1n) is 28.8. The van der Waals surface area contributed by atoms with E-state index >= 15 is 0 Å². The fourth-order valence-electron chi connectivity index (χ4n) is 14.4. The fourth-order valence-corrected chi connectivity index (χ4v) is 14.4. The number of hydrogen-bond acceptors (Lipinski definition) is 14. The summed E-state index contributed by atoms with van der Waals surface area (Å²) in [4.78, 5) is 57.3. The van der Waals surface area contributed by atoms with Gasteiger partial charge in [0, 0.05) is 62.5 Å². The van der Waals surface area contributed by atoms with Crippen LogP contribution in [0.3, 0.4) is 0 Å². The maximum Gasteiger partial charge on any atom is 0.318 e. The van der Waals surface area contributed by atoms with Gasteiger partial charge < -0.3 is 38.9 Å². The number of carbonyl (C=O) groups is 2. The van der Waals surface area contributed by atoms with Gasteiger partial charge in [-0.1, -0.05) is 61.7 Å². The Hall–Kier alpha value is -6.95. The Balaban J connectivity index is 0.000000167. The Morgan fingerprint density at radius 2 is 1.10 bits per heavy atom. The van der Waals surface area contributed by atoms with Crippen LogP contribution in [0.4, 0.5) is 16.0 Å². The largest absolute Gasteiger partial charge is 0.462 e. The minimum Gasteiger partial charge on any atom is -0.462 e. The van der Waals surface area contributed by atoms with Crippen LogP contribution >= 0.6 is 0 Å². The van der Waals surface area contributed by atoms with Crippen molar-refractivity contribution in [1.82, 2.24) is 39.5 Å². The van der Waals surface area contributed by atoms with Crippen molar-refractivity contribution >= 4 is 23.5 Å². The smallest absolute Gasteiger partial charge is 0.318 e. The van der Waals surface area contributed by atoms with Crippen LogP contribution in [-0.4, -0.2) is 155 Å². The standard InChI is InChI=1S/C31H37FN6O2.C31H38N6O2/c1-21(32)29(39)38-15-14-37(19-24(38)10-12-33)28-26-17-31(11-9-22-6-3-4-7-23(22)16-31)18-27(26)34-30(35-28)40-20-25-8-5-13-36(25)2;1-3-28(38)37-16-15-36(20-24(37)11-13-32)29-26-18-31(12-10-22-7-4-5-8-23(22)17-31)19-27(26)33-30(34-29)39-21-25-9-6-14-35(25)2/h3-4,6-7,24-25H,1,5,8-11,13-20H2,2H3;3-5,7-8,24-25H,1,6,9-12,14-21H2,2H3. The number of anilines is 2. The lowest BCUT2D eigenvalue weighted by molar-refractivity contribution is -0.131. The Morgan fingerprint density at radius 1 is 0.646 bits per heavy atom. The van der Waals surface area contributed by atoms with Gasteiger partial charge >= 0.3 is 12.0 Å². The molecule has 2 amide bonds. The van der Waals surface area contributed by atoms with Crippen molar-refractivity contribution in [3.63, 3.8) is 0 Å². The summed E-state index contributed by atoms with van der Waals surface area (Å²) in [5, 5.41) is 19.0. The number of rotatable bonds is 12. The van der Waals surface area contributed by atoms with E-state index in [1.54, 1.807) is 4.90 Å². The van der Waals surface area contributed by atoms with Crippen LogP contribution in [0, 0.1) is 33.5 Å². The average molecular weight is 1070 g/mol. The van der Waals surface area contributed by atoms with E-state index in [0.717, 1.165) is 119 Å². The molecule has 17 heteroatoms. The molecule has 4 fully saturated rings. The van der Waals surface area contributed by atoms with Gasteiger partial charge in [0.25, 0.3) is 5.91 Å². The van der Waals surface area contributed by atoms with E-state index in [1.807, 2.05) is 0 Å². The zero-order valence-corrected chi connectivity index (χ0v) is 46.2. The molecule has 4 aliphatic heterocycles. The molecule has 4 aromatic rings. The molecule has 2 aromatic heterocycles. The van der Waals surface area contributed by atoms with Gasteiger partial charge in [-0.2, -0.15) is 30.5 Å². The van der Waals surface area contributed by atoms with Gasteiger partial charge in [-0.15, -0.1) is 0 Å². The molecular formula is C62H75FN12O4. The molecule has 414 valence electrons. The third kappa shape index (κ3) is 11.3. The van der Waals surface area contributed by atoms with E-state index in [-0.39, 0.29) is 35.6 Å². The van der Waals surface area contributed by atoms with E-state index in [4.69, 9.17) is 29.4 Å². The molecule has 79 heavy (non-hydrogen) atoms. The monoisotopic (exact) mass is 1070 g/mol. The minimum atomic E-state index is -0.994. The van der Waals surface area contributed by atoms with E-state index in [2.05, 4.69) is 108 Å². The molecule has 0 bridgehead atoms. The lowest BCUT2D eigenvalue weighted by Crippen LogP contribution is -2.55. The Kier molecular flexibility index (Phi) is 15.7. The first-order chi connectivity index (χ1) is 38.3. The van der Waals surface area contributed by atoms with E-state index in [9.17, 15) is 24.5 Å². The molecule has 2 aromatic carbocycles. The van der Waals surface area contributed by atoms with Crippen molar-refractivity contribution in [1.29, 1.82) is 10.5 Å². The highest BCUT2D eigenvalue weighted by atomic mass is 19.1. The van der Waals surface area contributed by atoms with Crippen LogP contribution in [0.2, 0.25) is 0 Å². The number of likely N-dealkylation sites (N-methyl/N-ethyl adjacent to an activating group) is 2. The Morgan fingerprint density at radius 3 is 1.53 bits per heavy atom. The molecular weight excluding hydrogens is 996 g/mol. The van der Waals surface area contributed by atoms with Crippen molar-refractivity contribution in [2.45, 2.75) is 127 Å². The molecule has 2 spiro atoms. The van der Waals surface area contributed by atoms with Crippen LogP contribution in [0.25, 0.3) is 0 Å². The molecule has 6 heterocycles. The van der Waals surface area contributed by atoms with Crippen LogP contribution in [0.1, 0.15) is 96.1 Å². The summed E-state index contributed by atoms with van der Waals surface area (Å²) < 4.78 is 26.3. The number of piperazine rings is 2. The van der Waals surface area contributed by atoms with Crippen molar-refractivity contribution in [2.75, 3.05) is 89.5 Å². The number of carbonyl (C=O) groups excluding carboxylic acids is 2. The second-order valence-electron chi connectivity index (χ2n) is 23.8. The number of fused-ring (bicyclic) bond motifs is 4. The molecule has 6 unspecified atom stereocenters. The predicted molar refractivity (Wildman–Crippen MR) is 299 cm³/mol. The molecule has 16 nitrogen and oxygen atoms in total. The first kappa shape index (κ1) is 54.0. The van der Waals surface area contributed by atoms with E-state index < -0.39 is 17.8 Å². The van der Waals surface area contributed by atoms with Crippen molar-refractivity contribution in [3.8, 4) is 24.2 Å². The quantitative estimate of drug-likeness (QED) is 0.133. The highest BCUT2D eigenvalue weighted by Crippen LogP contribution is 2.50. The van der Waals surface area contributed by atoms with Crippen LogP contribution < -0.4 is 19.3 Å². The zero-order chi connectivity index (χ0) is 54.8. The van der Waals surface area contributed by atoms with Gasteiger partial charge in [0.05, 0.1) is 48.5 Å². The summed E-state index contributed by atoms with van der Waals surface area (Å²) in [7, 11) is 4.28. The summed E-state index contributed by atoms with van der Waals surface area (Å²) in [6.45, 7) is 13.1. The third-order valence-corrected chi connectivity index (χ3v) is 18.8. The SMILES string of the molecule is C=C(F)C(=O)N1CCN(c2nc(OCC3CCCN3C)nc3c2CC2(CCc4ccccc4C2)C3)CC1CC#N.C=CC(=O)N1CCN(c2nc(OCC3CCCN3C)nc3c2CC2(CCc4ccccc4C2)C3)CC1CC#N. The number of likely N-dealkylation sites (tertiary alicyclic amines) is 2. The van der Waals surface area contributed by atoms with Crippen molar-refractivity contribution in [2.24, 2.45) is 10.8 Å². The summed E-state index contributed by atoms with van der Waals surface area (Å²) >= 11 is 0. The normalized spacial score (nSPS) is 26.1. The maximum atomic E-state index is 13.8. The van der Waals surface area contributed by atoms with E-state index in [1.165, 1.54) is 51.6 Å². The Labute approximate surface area is 464 Å². The number of nitrogens with zero attached hydrogens (tertiary/aromatic N) is 12. The van der Waals surface area contributed by atoms with Crippen LogP contribution in [0.5, 0.6) is 12.0 Å². The maximum absolute atomic E-state index is 13.8. The minimum absolute atomic E-state index is 0.0974. The number of halogens is 1. The van der Waals surface area contributed by atoms with Crippen molar-refractivity contribution < 1.29 is 23.5 Å². The van der Waals surface area contributed by atoms with Gasteiger partial charge in [-0.25, -0.2) is 4.39 Å². The van der Waals surface area contributed by atoms with Gasteiger partial charge in [0.2, 0.25) is 5.91 Å². The number of hydrogen-bond donors (Lipinski definition) is 0. The summed E-state index contributed by atoms with van der Waals surface area (Å²) in [6.07, 6.45) is 16.4. The second-order valence-corrected chi connectivity index (χ2v) is 23.8. The summed E-state index contributed by atoms with van der Waals surface area (Å²) in [6, 6.07) is 23.0. The number of ether oxygens (including phenoxy) is 2. The lowest BCUT2D eigenvalue weighted by Gasteiger charge is -2.41. The molecule has 4 aliphatic carbocycles. The predicted octanol–water partition coefficient (Wildman–Crippen LogP) is 6.98. The van der Waals surface area contributed by atoms with Crippen molar-refractivity contribution in [3.05, 3.63) is 118 Å². The fraction of sp³-hybridized carbons (Fsp3) is 0.548. The van der Waals surface area contributed by atoms with Crippen LogP contribution in [0.15, 0.2) is 73.6 Å². The number of benzene rings is 2. The number of nitriles is 2. The summed E-state index contributed by atoms with van der Waals surface area (Å²) in [5.41, 5.74) is 10.6. The number of aromatic nitrogens is 4. The molecule has 6 atom stereocenters. The molecule has 12 rings (SSSR count). The van der Waals surface area contributed by atoms with Crippen LogP contribution in [-0.2, 0) is 61.0 Å². The molecule has 4 saturated heterocycles. The molecule has 0 saturated carbocycles. The lowest BCUT2D eigenvalue weighted by atomic mass is 9.70. The molecule has 8 aliphatic rings. The molecule has 0 N–H and O–H groups in total. The average Bonchev–Trinajstić information content (AvgIpc) is 4.26. The summed E-state index contributed by atoms with van der Waals surface area (Å²) in [5.74, 6) is -0.0834. The Bertz CT molecular complexity index is 3070. The number of aryl methyl sites for hydroxylation is 2. The number of amides is 2. The van der Waals surface area contributed by atoms with Gasteiger partial charge in [0.15, 0.2) is 5.83 Å². The second kappa shape index (κ2) is 23.0. The molecule has 0 radical (unpaired) electrons.